The van der Waals surface area contributed by atoms with Gasteiger partial charge in [-0.25, -0.2) is 9.38 Å². The Labute approximate surface area is 217 Å². The van der Waals surface area contributed by atoms with Crippen LogP contribution in [0.1, 0.15) is 39.5 Å². The molecule has 8 nitrogen and oxygen atoms in total. The van der Waals surface area contributed by atoms with E-state index in [-0.39, 0.29) is 28.9 Å². The molecule has 3 rings (SSSR count). The number of aliphatic imine (C=N–C) groups is 1. The second-order valence-corrected chi connectivity index (χ2v) is 9.50. The normalized spacial score (nSPS) is 15.0. The molecule has 0 heterocycles. The van der Waals surface area contributed by atoms with Gasteiger partial charge in [0.1, 0.15) is 30.4 Å². The standard InChI is InChI=1S/C28H36FN5O3/c1-5-31-27(26-19(2)15-22(16-23(26)29)37-14-13-30-4)34-21-9-7-20(8-10-21)33-25(36)17-24(35)32-18-28(3)11-6-12-28/h5,7-10,15-16,30,34H,2,6,11-14,17-18H2,1,3-4H3,(H,32,35)(H,33,36)/b27-26-,31-5-. The number of nitrogens with one attached hydrogen (secondary N) is 4. The van der Waals surface area contributed by atoms with Crippen molar-refractivity contribution in [3.05, 3.63) is 52.7 Å². The SMILES string of the molecule is C=c1cc(OCCNC)cc(F)/c1=C(/N=C\C)Nc1ccc(NC(=O)CC(=O)NCC2(C)CCC2)cc1. The minimum Gasteiger partial charge on any atom is -0.492 e. The van der Waals surface area contributed by atoms with Gasteiger partial charge in [0.25, 0.3) is 0 Å². The van der Waals surface area contributed by atoms with Crippen LogP contribution in [0.15, 0.2) is 41.4 Å². The Bertz CT molecular complexity index is 1240. The van der Waals surface area contributed by atoms with Crippen LogP contribution in [-0.2, 0) is 9.59 Å². The number of amides is 2. The molecular formula is C28H36FN5O3. The maximum atomic E-state index is 15.0. The summed E-state index contributed by atoms with van der Waals surface area (Å²) in [5, 5.41) is 12.3. The number of likely N-dealkylation sites (N-methyl/N-ethyl adjacent to an activating group) is 1. The molecule has 0 aliphatic heterocycles. The predicted molar refractivity (Wildman–Crippen MR) is 146 cm³/mol. The zero-order chi connectivity index (χ0) is 26.8. The van der Waals surface area contributed by atoms with Crippen molar-refractivity contribution < 1.29 is 18.7 Å². The van der Waals surface area contributed by atoms with E-state index in [1.165, 1.54) is 12.5 Å². The first kappa shape index (κ1) is 27.9. The largest absolute Gasteiger partial charge is 0.492 e. The molecule has 2 amide bonds. The molecule has 0 aromatic heterocycles. The Morgan fingerprint density at radius 1 is 1.14 bits per heavy atom. The van der Waals surface area contributed by atoms with Crippen LogP contribution in [-0.4, -0.2) is 44.8 Å². The van der Waals surface area contributed by atoms with E-state index in [1.54, 1.807) is 43.5 Å². The third kappa shape index (κ3) is 8.15. The van der Waals surface area contributed by atoms with Crippen molar-refractivity contribution in [2.24, 2.45) is 10.4 Å². The third-order valence-electron chi connectivity index (χ3n) is 6.29. The Morgan fingerprint density at radius 2 is 1.81 bits per heavy atom. The lowest BCUT2D eigenvalue weighted by atomic mass is 9.70. The maximum absolute atomic E-state index is 15.0. The maximum Gasteiger partial charge on any atom is 0.233 e. The van der Waals surface area contributed by atoms with Crippen molar-refractivity contribution in [1.82, 2.24) is 10.6 Å². The highest BCUT2D eigenvalue weighted by atomic mass is 19.1. The summed E-state index contributed by atoms with van der Waals surface area (Å²) in [6.45, 7) is 9.49. The van der Waals surface area contributed by atoms with Crippen LogP contribution in [0.4, 0.5) is 15.8 Å². The van der Waals surface area contributed by atoms with Crippen molar-refractivity contribution in [3.8, 4) is 5.75 Å². The lowest BCUT2D eigenvalue weighted by molar-refractivity contribution is -0.127. The van der Waals surface area contributed by atoms with Crippen molar-refractivity contribution in [2.75, 3.05) is 37.4 Å². The number of carbonyl (C=O) groups is 2. The summed E-state index contributed by atoms with van der Waals surface area (Å²) in [6.07, 6.45) is 4.71. The van der Waals surface area contributed by atoms with Crippen LogP contribution in [0.3, 0.4) is 0 Å². The summed E-state index contributed by atoms with van der Waals surface area (Å²) in [5.41, 5.74) is 1.34. The van der Waals surface area contributed by atoms with Gasteiger partial charge in [0.15, 0.2) is 0 Å². The van der Waals surface area contributed by atoms with Gasteiger partial charge in [0.05, 0.1) is 5.22 Å². The molecule has 1 aliphatic rings. The van der Waals surface area contributed by atoms with Gasteiger partial charge in [0.2, 0.25) is 11.8 Å². The van der Waals surface area contributed by atoms with Gasteiger partial charge >= 0.3 is 0 Å². The van der Waals surface area contributed by atoms with Gasteiger partial charge in [-0.3, -0.25) is 9.59 Å². The van der Waals surface area contributed by atoms with Crippen molar-refractivity contribution in [2.45, 2.75) is 39.5 Å². The van der Waals surface area contributed by atoms with E-state index in [2.05, 4.69) is 39.8 Å². The quantitative estimate of drug-likeness (QED) is 0.200. The second-order valence-electron chi connectivity index (χ2n) is 9.50. The summed E-state index contributed by atoms with van der Waals surface area (Å²) in [5.74, 6) is -0.494. The number of halogens is 1. The van der Waals surface area contributed by atoms with Crippen LogP contribution in [0.5, 0.6) is 5.75 Å². The number of anilines is 2. The van der Waals surface area contributed by atoms with Crippen LogP contribution in [0.2, 0.25) is 0 Å². The fourth-order valence-electron chi connectivity index (χ4n) is 4.00. The van der Waals surface area contributed by atoms with E-state index >= 15 is 4.39 Å². The molecule has 1 aliphatic carbocycles. The van der Waals surface area contributed by atoms with Gasteiger partial charge in [0, 0.05) is 36.7 Å². The van der Waals surface area contributed by atoms with Gasteiger partial charge in [-0.2, -0.15) is 0 Å². The van der Waals surface area contributed by atoms with Crippen LogP contribution in [0, 0.1) is 11.2 Å². The summed E-state index contributed by atoms with van der Waals surface area (Å²) in [6, 6.07) is 9.83. The highest BCUT2D eigenvalue weighted by molar-refractivity contribution is 6.03. The number of hydrogen-bond donors (Lipinski definition) is 4. The molecule has 37 heavy (non-hydrogen) atoms. The van der Waals surface area contributed by atoms with E-state index in [4.69, 9.17) is 4.74 Å². The average Bonchev–Trinajstić information content (AvgIpc) is 2.82. The fraction of sp³-hybridized carbons (Fsp3) is 0.393. The molecule has 2 aromatic carbocycles. The van der Waals surface area contributed by atoms with E-state index in [0.29, 0.717) is 47.9 Å². The third-order valence-corrected chi connectivity index (χ3v) is 6.29. The molecule has 9 heteroatoms. The Hall–Kier alpha value is -3.72. The molecule has 0 spiro atoms. The lowest BCUT2D eigenvalue weighted by Gasteiger charge is -2.38. The number of benzene rings is 2. The Balaban J connectivity index is 1.65. The molecule has 1 saturated carbocycles. The number of rotatable bonds is 12. The molecule has 0 radical (unpaired) electrons. The molecule has 0 bridgehead atoms. The van der Waals surface area contributed by atoms with Crippen LogP contribution >= 0.6 is 0 Å². The minimum absolute atomic E-state index is 0.159. The topological polar surface area (TPSA) is 104 Å². The zero-order valence-electron chi connectivity index (χ0n) is 21.7. The van der Waals surface area contributed by atoms with Crippen molar-refractivity contribution in [1.29, 1.82) is 0 Å². The first-order valence-corrected chi connectivity index (χ1v) is 12.5. The van der Waals surface area contributed by atoms with Gasteiger partial charge in [-0.15, -0.1) is 0 Å². The number of ether oxygens (including phenoxy) is 1. The monoisotopic (exact) mass is 509 g/mol. The lowest BCUT2D eigenvalue weighted by Crippen LogP contribution is -2.40. The van der Waals surface area contributed by atoms with E-state index in [9.17, 15) is 9.59 Å². The number of nitrogens with zero attached hydrogens (tertiary/aromatic N) is 1. The molecule has 2 aromatic rings. The minimum atomic E-state index is -0.506. The highest BCUT2D eigenvalue weighted by Crippen LogP contribution is 2.39. The molecular weight excluding hydrogens is 473 g/mol. The smallest absolute Gasteiger partial charge is 0.233 e. The van der Waals surface area contributed by atoms with E-state index in [1.807, 2.05) is 7.05 Å². The zero-order valence-corrected chi connectivity index (χ0v) is 21.7. The first-order chi connectivity index (χ1) is 17.7. The summed E-state index contributed by atoms with van der Waals surface area (Å²) in [7, 11) is 1.81. The first-order valence-electron chi connectivity index (χ1n) is 12.5. The Kier molecular flexibility index (Phi) is 9.79. The Morgan fingerprint density at radius 3 is 2.38 bits per heavy atom. The van der Waals surface area contributed by atoms with Gasteiger partial charge < -0.3 is 26.0 Å². The van der Waals surface area contributed by atoms with E-state index in [0.717, 1.165) is 12.8 Å². The molecule has 198 valence electrons. The van der Waals surface area contributed by atoms with Crippen LogP contribution < -0.4 is 36.4 Å². The fourth-order valence-corrected chi connectivity index (χ4v) is 4.00. The number of carbonyl (C=O) groups excluding carboxylic acids is 2. The molecule has 4 N–H and O–H groups in total. The van der Waals surface area contributed by atoms with Crippen LogP contribution in [0.25, 0.3) is 12.4 Å². The summed E-state index contributed by atoms with van der Waals surface area (Å²) < 4.78 is 20.6. The molecule has 0 atom stereocenters. The van der Waals surface area contributed by atoms with Gasteiger partial charge in [-0.05, 0) is 67.8 Å². The summed E-state index contributed by atoms with van der Waals surface area (Å²) >= 11 is 0. The van der Waals surface area contributed by atoms with Crippen molar-refractivity contribution in [3.63, 3.8) is 0 Å². The average molecular weight is 510 g/mol. The number of hydrogen-bond acceptors (Lipinski definition) is 6. The van der Waals surface area contributed by atoms with E-state index < -0.39 is 5.82 Å². The molecule has 1 fully saturated rings. The second kappa shape index (κ2) is 13.0. The summed E-state index contributed by atoms with van der Waals surface area (Å²) in [4.78, 5) is 28.7. The van der Waals surface area contributed by atoms with Gasteiger partial charge in [-0.1, -0.05) is 19.9 Å². The van der Waals surface area contributed by atoms with Crippen molar-refractivity contribution >= 4 is 41.8 Å². The predicted octanol–water partition coefficient (Wildman–Crippen LogP) is 2.74. The molecule has 0 unspecified atom stereocenters. The molecule has 0 saturated heterocycles. The highest BCUT2D eigenvalue weighted by Gasteiger charge is 2.31.